The summed E-state index contributed by atoms with van der Waals surface area (Å²) >= 11 is 0. The van der Waals surface area contributed by atoms with E-state index in [9.17, 15) is 9.90 Å². The number of aromatic amines is 1. The Kier molecular flexibility index (Phi) is 6.11. The number of H-pyrrole nitrogens is 1. The molecule has 3 fully saturated rings. The molecule has 0 aromatic carbocycles. The third-order valence-electron chi connectivity index (χ3n) is 7.51. The normalized spacial score (nSPS) is 36.7. The molecule has 1 spiro atoms. The van der Waals surface area contributed by atoms with Crippen molar-refractivity contribution in [2.24, 2.45) is 11.8 Å². The number of hydrogen-bond acceptors (Lipinski definition) is 6. The molecule has 9 nitrogen and oxygen atoms in total. The highest BCUT2D eigenvalue weighted by atomic mass is 16.6. The zero-order valence-electron chi connectivity index (χ0n) is 19.9. The van der Waals surface area contributed by atoms with E-state index in [1.54, 1.807) is 13.3 Å². The first-order chi connectivity index (χ1) is 15.1. The van der Waals surface area contributed by atoms with E-state index in [0.29, 0.717) is 18.7 Å². The fraction of sp³-hybridized carbons (Fsp3) is 0.783. The van der Waals surface area contributed by atoms with Gasteiger partial charge in [0.15, 0.2) is 0 Å². The molecule has 1 aliphatic carbocycles. The lowest BCUT2D eigenvalue weighted by Gasteiger charge is -2.48. The summed E-state index contributed by atoms with van der Waals surface area (Å²) in [6.07, 6.45) is 4.83. The fourth-order valence-corrected chi connectivity index (χ4v) is 5.89. The van der Waals surface area contributed by atoms with E-state index in [0.717, 1.165) is 12.8 Å². The molecule has 3 heterocycles. The van der Waals surface area contributed by atoms with Crippen molar-refractivity contribution >= 4 is 6.09 Å². The van der Waals surface area contributed by atoms with Crippen LogP contribution in [-0.4, -0.2) is 74.7 Å². The molecule has 7 atom stereocenters. The number of epoxide rings is 2. The quantitative estimate of drug-likeness (QED) is 0.461. The summed E-state index contributed by atoms with van der Waals surface area (Å²) in [7, 11) is 1.67. The van der Waals surface area contributed by atoms with Crippen LogP contribution in [0.3, 0.4) is 0 Å². The van der Waals surface area contributed by atoms with Gasteiger partial charge >= 0.3 is 6.09 Å². The number of carbonyl (C=O) groups is 1. The van der Waals surface area contributed by atoms with Crippen LogP contribution in [0.15, 0.2) is 17.8 Å². The van der Waals surface area contributed by atoms with E-state index in [-0.39, 0.29) is 35.7 Å². The topological polar surface area (TPSA) is 116 Å². The number of rotatable bonds is 8. The lowest BCUT2D eigenvalue weighted by atomic mass is 9.67. The van der Waals surface area contributed by atoms with E-state index in [1.165, 1.54) is 10.5 Å². The molecule has 1 aromatic heterocycles. The molecule has 3 aliphatic rings. The first-order valence-corrected chi connectivity index (χ1v) is 11.5. The summed E-state index contributed by atoms with van der Waals surface area (Å²) in [5, 5.41) is 21.1. The van der Waals surface area contributed by atoms with Crippen LogP contribution in [0.1, 0.15) is 65.6 Å². The van der Waals surface area contributed by atoms with E-state index in [1.807, 2.05) is 13.8 Å². The average molecular weight is 449 g/mol. The summed E-state index contributed by atoms with van der Waals surface area (Å²) in [4.78, 5) is 14.2. The number of carboxylic acid groups (broad SMARTS) is 1. The SMILES string of the molecule is CO[C@@H]1[C@H](N(C(=O)O)[C@H](c2cn[nH]n2)C(C)C)CC[C@]2(CO2)[C@H]1[C@@]1(C)O[C@@H]1CC=C(C)C. The number of amides is 1. The Morgan fingerprint density at radius 1 is 1.47 bits per heavy atom. The number of allylic oxidation sites excluding steroid dienone is 1. The Balaban J connectivity index is 1.67. The van der Waals surface area contributed by atoms with Crippen molar-refractivity contribution in [3.63, 3.8) is 0 Å². The molecule has 178 valence electrons. The summed E-state index contributed by atoms with van der Waals surface area (Å²) in [6, 6.07) is -0.773. The highest BCUT2D eigenvalue weighted by molar-refractivity contribution is 5.66. The number of ether oxygens (including phenoxy) is 3. The maximum atomic E-state index is 12.6. The minimum absolute atomic E-state index is 0.0124. The molecule has 2 N–H and O–H groups in total. The number of aromatic nitrogens is 3. The molecule has 0 bridgehead atoms. The van der Waals surface area contributed by atoms with Crippen LogP contribution < -0.4 is 0 Å². The van der Waals surface area contributed by atoms with Crippen LogP contribution in [-0.2, 0) is 14.2 Å². The van der Waals surface area contributed by atoms with Crippen LogP contribution >= 0.6 is 0 Å². The van der Waals surface area contributed by atoms with Gasteiger partial charge in [-0.1, -0.05) is 25.5 Å². The molecular weight excluding hydrogens is 412 g/mol. The summed E-state index contributed by atoms with van der Waals surface area (Å²) in [5.74, 6) is -0.0420. The van der Waals surface area contributed by atoms with Gasteiger partial charge in [0.2, 0.25) is 0 Å². The second-order valence-electron chi connectivity index (χ2n) is 10.2. The van der Waals surface area contributed by atoms with Crippen molar-refractivity contribution in [2.45, 2.75) is 89.4 Å². The standard InChI is InChI=1S/C23H36N4O5/c1-13(2)7-8-17-22(5,32-17)20-19(30-6)16(9-10-23(20)12-31-23)27(21(28)29)18(14(3)4)15-11-24-26-25-15/h7,11,14,16-20H,8-10,12H2,1-6H3,(H,28,29)(H,24,25,26)/t16-,17-,18+,19-,20-,22+,23+/m1/s1. The van der Waals surface area contributed by atoms with Crippen molar-refractivity contribution in [1.29, 1.82) is 0 Å². The molecule has 0 unspecified atom stereocenters. The molecule has 32 heavy (non-hydrogen) atoms. The lowest BCUT2D eigenvalue weighted by Crippen LogP contribution is -2.61. The fourth-order valence-electron chi connectivity index (χ4n) is 5.89. The molecular formula is C23H36N4O5. The van der Waals surface area contributed by atoms with Gasteiger partial charge in [-0.2, -0.15) is 15.4 Å². The molecule has 9 heteroatoms. The van der Waals surface area contributed by atoms with Crippen LogP contribution in [0.5, 0.6) is 0 Å². The predicted octanol–water partition coefficient (Wildman–Crippen LogP) is 3.56. The van der Waals surface area contributed by atoms with Crippen LogP contribution in [0, 0.1) is 11.8 Å². The van der Waals surface area contributed by atoms with Crippen molar-refractivity contribution < 1.29 is 24.1 Å². The third kappa shape index (κ3) is 3.95. The van der Waals surface area contributed by atoms with E-state index in [4.69, 9.17) is 14.2 Å². The Labute approximate surface area is 189 Å². The highest BCUT2D eigenvalue weighted by Gasteiger charge is 2.72. The summed E-state index contributed by atoms with van der Waals surface area (Å²) < 4.78 is 18.4. The number of nitrogens with one attached hydrogen (secondary N) is 1. The number of methoxy groups -OCH3 is 1. The van der Waals surface area contributed by atoms with Crippen LogP contribution in [0.25, 0.3) is 0 Å². The van der Waals surface area contributed by atoms with Gasteiger partial charge in [-0.3, -0.25) is 4.90 Å². The van der Waals surface area contributed by atoms with E-state index < -0.39 is 17.7 Å². The first-order valence-electron chi connectivity index (χ1n) is 11.5. The number of hydrogen-bond donors (Lipinski definition) is 2. The van der Waals surface area contributed by atoms with Gasteiger partial charge < -0.3 is 19.3 Å². The van der Waals surface area contributed by atoms with E-state index in [2.05, 4.69) is 42.3 Å². The monoisotopic (exact) mass is 448 g/mol. The Bertz CT molecular complexity index is 849. The second kappa shape index (κ2) is 8.43. The maximum absolute atomic E-state index is 12.6. The van der Waals surface area contributed by atoms with Crippen molar-refractivity contribution in [1.82, 2.24) is 20.3 Å². The minimum atomic E-state index is -0.979. The van der Waals surface area contributed by atoms with Gasteiger partial charge in [-0.25, -0.2) is 4.79 Å². The highest BCUT2D eigenvalue weighted by Crippen LogP contribution is 2.60. The minimum Gasteiger partial charge on any atom is -0.465 e. The molecule has 2 saturated heterocycles. The first kappa shape index (κ1) is 23.2. The molecule has 4 rings (SSSR count). The van der Waals surface area contributed by atoms with Gasteiger partial charge in [0.25, 0.3) is 0 Å². The third-order valence-corrected chi connectivity index (χ3v) is 7.51. The molecule has 0 radical (unpaired) electrons. The van der Waals surface area contributed by atoms with Crippen LogP contribution in [0.2, 0.25) is 0 Å². The van der Waals surface area contributed by atoms with Gasteiger partial charge in [-0.05, 0) is 46.0 Å². The Hall–Kier alpha value is -1.97. The van der Waals surface area contributed by atoms with E-state index >= 15 is 0 Å². The predicted molar refractivity (Wildman–Crippen MR) is 117 cm³/mol. The molecule has 1 saturated carbocycles. The van der Waals surface area contributed by atoms with Crippen molar-refractivity contribution in [3.05, 3.63) is 23.5 Å². The zero-order valence-corrected chi connectivity index (χ0v) is 19.9. The van der Waals surface area contributed by atoms with Gasteiger partial charge in [-0.15, -0.1) is 0 Å². The smallest absolute Gasteiger partial charge is 0.408 e. The van der Waals surface area contributed by atoms with Crippen molar-refractivity contribution in [2.75, 3.05) is 13.7 Å². The lowest BCUT2D eigenvalue weighted by molar-refractivity contribution is -0.102. The largest absolute Gasteiger partial charge is 0.465 e. The molecule has 1 amide bonds. The maximum Gasteiger partial charge on any atom is 0.408 e. The van der Waals surface area contributed by atoms with Gasteiger partial charge in [0.05, 0.1) is 42.7 Å². The zero-order chi connectivity index (χ0) is 23.3. The van der Waals surface area contributed by atoms with Gasteiger partial charge in [0.1, 0.15) is 11.3 Å². The molecule has 2 aliphatic heterocycles. The Morgan fingerprint density at radius 3 is 2.69 bits per heavy atom. The number of nitrogens with zero attached hydrogens (tertiary/aromatic N) is 3. The average Bonchev–Trinajstić information content (AvgIpc) is 3.56. The van der Waals surface area contributed by atoms with Crippen LogP contribution in [0.4, 0.5) is 4.79 Å². The Morgan fingerprint density at radius 2 is 2.19 bits per heavy atom. The van der Waals surface area contributed by atoms with Gasteiger partial charge in [0, 0.05) is 13.0 Å². The molecule has 1 aromatic rings. The summed E-state index contributed by atoms with van der Waals surface area (Å²) in [5.41, 5.74) is 1.17. The second-order valence-corrected chi connectivity index (χ2v) is 10.2. The summed E-state index contributed by atoms with van der Waals surface area (Å²) in [6.45, 7) is 11.0. The van der Waals surface area contributed by atoms with Crippen molar-refractivity contribution in [3.8, 4) is 0 Å².